The Bertz CT molecular complexity index is 1340. The first-order chi connectivity index (χ1) is 15.1. The molecule has 0 aliphatic rings. The van der Waals surface area contributed by atoms with Gasteiger partial charge in [-0.2, -0.15) is 9.40 Å². The monoisotopic (exact) mass is 456 g/mol. The molecule has 32 heavy (non-hydrogen) atoms. The van der Waals surface area contributed by atoms with E-state index in [0.29, 0.717) is 29.9 Å². The Morgan fingerprint density at radius 3 is 2.31 bits per heavy atom. The minimum Gasteiger partial charge on any atom is -0.324 e. The average Bonchev–Trinajstić information content (AvgIpc) is 2.75. The van der Waals surface area contributed by atoms with E-state index in [0.717, 1.165) is 21.2 Å². The normalized spacial score (nSPS) is 11.8. The smallest absolute Gasteiger partial charge is 0.275 e. The third kappa shape index (κ3) is 4.44. The van der Waals surface area contributed by atoms with Crippen LogP contribution in [0.15, 0.2) is 46.1 Å². The van der Waals surface area contributed by atoms with Gasteiger partial charge in [0, 0.05) is 24.2 Å². The van der Waals surface area contributed by atoms with Crippen LogP contribution in [0.1, 0.15) is 30.7 Å². The van der Waals surface area contributed by atoms with E-state index in [2.05, 4.69) is 10.4 Å². The quantitative estimate of drug-likeness (QED) is 0.589. The molecule has 0 saturated heterocycles. The average molecular weight is 457 g/mol. The van der Waals surface area contributed by atoms with Crippen molar-refractivity contribution in [2.24, 2.45) is 0 Å². The van der Waals surface area contributed by atoms with Crippen molar-refractivity contribution < 1.29 is 13.2 Å². The lowest BCUT2D eigenvalue weighted by Crippen LogP contribution is -2.31. The van der Waals surface area contributed by atoms with Gasteiger partial charge in [0.1, 0.15) is 6.54 Å². The van der Waals surface area contributed by atoms with Crippen molar-refractivity contribution in [2.45, 2.75) is 46.1 Å². The number of benzene rings is 2. The van der Waals surface area contributed by atoms with Gasteiger partial charge in [0.05, 0.1) is 16.0 Å². The van der Waals surface area contributed by atoms with E-state index in [9.17, 15) is 18.0 Å². The fourth-order valence-electron chi connectivity index (χ4n) is 3.66. The third-order valence-electron chi connectivity index (χ3n) is 5.60. The van der Waals surface area contributed by atoms with E-state index >= 15 is 0 Å². The van der Waals surface area contributed by atoms with E-state index in [1.165, 1.54) is 10.4 Å². The Labute approximate surface area is 187 Å². The summed E-state index contributed by atoms with van der Waals surface area (Å²) in [5.41, 5.74) is 2.18. The molecule has 170 valence electrons. The summed E-state index contributed by atoms with van der Waals surface area (Å²) in [6, 6.07) is 10.2. The molecular formula is C23H28N4O4S. The predicted molar refractivity (Wildman–Crippen MR) is 125 cm³/mol. The van der Waals surface area contributed by atoms with E-state index in [4.69, 9.17) is 0 Å². The van der Waals surface area contributed by atoms with Crippen molar-refractivity contribution in [2.75, 3.05) is 18.4 Å². The molecule has 1 N–H and O–H groups in total. The van der Waals surface area contributed by atoms with Crippen LogP contribution in [0.4, 0.5) is 5.69 Å². The minimum absolute atomic E-state index is 0.122. The number of aryl methyl sites for hydroxylation is 2. The molecule has 9 heteroatoms. The van der Waals surface area contributed by atoms with Crippen LogP contribution in [0, 0.1) is 20.8 Å². The van der Waals surface area contributed by atoms with E-state index in [1.807, 2.05) is 19.1 Å². The van der Waals surface area contributed by atoms with Crippen LogP contribution in [-0.4, -0.2) is 41.5 Å². The molecule has 0 atom stereocenters. The predicted octanol–water partition coefficient (Wildman–Crippen LogP) is 2.99. The van der Waals surface area contributed by atoms with Gasteiger partial charge in [0.2, 0.25) is 15.9 Å². The zero-order valence-corrected chi connectivity index (χ0v) is 19.8. The van der Waals surface area contributed by atoms with Crippen LogP contribution in [0.2, 0.25) is 0 Å². The Morgan fingerprint density at radius 1 is 1.06 bits per heavy atom. The fraction of sp³-hybridized carbons (Fsp3) is 0.348. The highest BCUT2D eigenvalue weighted by atomic mass is 32.2. The largest absolute Gasteiger partial charge is 0.324 e. The van der Waals surface area contributed by atoms with Crippen molar-refractivity contribution >= 4 is 32.4 Å². The molecule has 0 aliphatic heterocycles. The van der Waals surface area contributed by atoms with Gasteiger partial charge < -0.3 is 5.32 Å². The second kappa shape index (κ2) is 9.22. The van der Waals surface area contributed by atoms with Crippen LogP contribution in [-0.2, 0) is 21.4 Å². The van der Waals surface area contributed by atoms with Gasteiger partial charge in [0.15, 0.2) is 0 Å². The maximum absolute atomic E-state index is 13.0. The van der Waals surface area contributed by atoms with E-state index in [1.54, 1.807) is 45.9 Å². The molecule has 0 aliphatic carbocycles. The zero-order chi connectivity index (χ0) is 23.6. The number of carbonyl (C=O) groups excluding carboxylic acids is 1. The first kappa shape index (κ1) is 23.6. The lowest BCUT2D eigenvalue weighted by Gasteiger charge is -2.20. The van der Waals surface area contributed by atoms with Crippen molar-refractivity contribution in [1.29, 1.82) is 0 Å². The molecule has 0 unspecified atom stereocenters. The molecule has 1 aromatic heterocycles. The summed E-state index contributed by atoms with van der Waals surface area (Å²) in [6.45, 7) is 9.37. The minimum atomic E-state index is -3.68. The van der Waals surface area contributed by atoms with Gasteiger partial charge in [-0.05, 0) is 50.1 Å². The second-order valence-corrected chi connectivity index (χ2v) is 9.58. The maximum atomic E-state index is 13.0. The topological polar surface area (TPSA) is 101 Å². The van der Waals surface area contributed by atoms with Crippen molar-refractivity contribution in [3.63, 3.8) is 0 Å². The molecule has 0 bridgehead atoms. The highest BCUT2D eigenvalue weighted by Crippen LogP contribution is 2.26. The van der Waals surface area contributed by atoms with Crippen LogP contribution < -0.4 is 10.9 Å². The van der Waals surface area contributed by atoms with E-state index in [-0.39, 0.29) is 17.0 Å². The molecule has 0 saturated carbocycles. The van der Waals surface area contributed by atoms with Crippen LogP contribution >= 0.6 is 0 Å². The second-order valence-electron chi connectivity index (χ2n) is 7.64. The summed E-state index contributed by atoms with van der Waals surface area (Å²) < 4.78 is 28.4. The molecule has 1 heterocycles. The number of sulfonamides is 1. The fourth-order valence-corrected chi connectivity index (χ4v) is 5.23. The van der Waals surface area contributed by atoms with Gasteiger partial charge in [-0.25, -0.2) is 13.1 Å². The number of nitrogens with zero attached hydrogens (tertiary/aromatic N) is 3. The Morgan fingerprint density at radius 2 is 1.69 bits per heavy atom. The van der Waals surface area contributed by atoms with Crippen molar-refractivity contribution in [3.05, 3.63) is 63.6 Å². The summed E-state index contributed by atoms with van der Waals surface area (Å²) in [7, 11) is -3.68. The summed E-state index contributed by atoms with van der Waals surface area (Å²) in [6.07, 6.45) is 0. The molecule has 3 aromatic rings. The van der Waals surface area contributed by atoms with Gasteiger partial charge in [-0.15, -0.1) is 0 Å². The third-order valence-corrected chi connectivity index (χ3v) is 7.63. The number of rotatable bonds is 7. The number of fused-ring (bicyclic) bond motifs is 1. The number of amides is 1. The molecule has 2 aromatic carbocycles. The summed E-state index contributed by atoms with van der Waals surface area (Å²) in [4.78, 5) is 25.7. The number of aromatic nitrogens is 2. The van der Waals surface area contributed by atoms with Gasteiger partial charge in [-0.1, -0.05) is 32.0 Å². The molecule has 1 amide bonds. The number of nitrogens with one attached hydrogen (secondary N) is 1. The number of carbonyl (C=O) groups is 1. The maximum Gasteiger partial charge on any atom is 0.275 e. The Kier molecular flexibility index (Phi) is 6.80. The number of hydrogen-bond donors (Lipinski definition) is 1. The number of hydrogen-bond acceptors (Lipinski definition) is 5. The van der Waals surface area contributed by atoms with Gasteiger partial charge in [-0.3, -0.25) is 9.59 Å². The standard InChI is InChI=1S/C23H28N4O4S/c1-6-26(7-2)32(30,31)18-12-15(3)16(4)21(13-18)24-22(28)14-27-23(29)20-11-9-8-10-19(20)17(5)25-27/h8-13H,6-7,14H2,1-5H3,(H,24,28). The summed E-state index contributed by atoms with van der Waals surface area (Å²) >= 11 is 0. The first-order valence-electron chi connectivity index (χ1n) is 10.5. The highest BCUT2D eigenvalue weighted by molar-refractivity contribution is 7.89. The van der Waals surface area contributed by atoms with Gasteiger partial charge >= 0.3 is 0 Å². The lowest BCUT2D eigenvalue weighted by molar-refractivity contribution is -0.117. The van der Waals surface area contributed by atoms with E-state index < -0.39 is 15.9 Å². The van der Waals surface area contributed by atoms with Crippen molar-refractivity contribution in [3.8, 4) is 0 Å². The van der Waals surface area contributed by atoms with Crippen LogP contribution in [0.25, 0.3) is 10.8 Å². The Hall–Kier alpha value is -3.04. The highest BCUT2D eigenvalue weighted by Gasteiger charge is 2.23. The molecule has 8 nitrogen and oxygen atoms in total. The summed E-state index contributed by atoms with van der Waals surface area (Å²) in [5, 5.41) is 8.26. The van der Waals surface area contributed by atoms with Crippen LogP contribution in [0.5, 0.6) is 0 Å². The molecule has 3 rings (SSSR count). The Balaban J connectivity index is 1.94. The van der Waals surface area contributed by atoms with Crippen molar-refractivity contribution in [1.82, 2.24) is 14.1 Å². The van der Waals surface area contributed by atoms with Crippen LogP contribution in [0.3, 0.4) is 0 Å². The number of anilines is 1. The molecule has 0 fully saturated rings. The SMILES string of the molecule is CCN(CC)S(=O)(=O)c1cc(C)c(C)c(NC(=O)Cn2nc(C)c3ccccc3c2=O)c1. The molecule has 0 radical (unpaired) electrons. The molecule has 0 spiro atoms. The zero-order valence-electron chi connectivity index (χ0n) is 19.0. The molecular weight excluding hydrogens is 428 g/mol. The summed E-state index contributed by atoms with van der Waals surface area (Å²) in [5.74, 6) is -0.464. The van der Waals surface area contributed by atoms with Gasteiger partial charge in [0.25, 0.3) is 5.56 Å². The lowest BCUT2D eigenvalue weighted by atomic mass is 10.1. The first-order valence-corrected chi connectivity index (χ1v) is 11.9.